The van der Waals surface area contributed by atoms with Crippen LogP contribution in [0.15, 0.2) is 24.3 Å². The molecular formula is C13H17N2O3+. The Balaban J connectivity index is 2.62. The number of hydrogen-bond acceptors (Lipinski definition) is 3. The fraction of sp³-hybridized carbons (Fsp3) is 0.385. The van der Waals surface area contributed by atoms with Gasteiger partial charge in [-0.2, -0.15) is 5.26 Å². The van der Waals surface area contributed by atoms with Crippen LogP contribution in [-0.2, 0) is 4.74 Å². The van der Waals surface area contributed by atoms with Crippen molar-refractivity contribution in [3.63, 3.8) is 0 Å². The number of carbonyl (C=O) groups is 1. The number of nitriles is 1. The van der Waals surface area contributed by atoms with Crippen LogP contribution in [0.4, 0.5) is 4.79 Å². The molecule has 3 N–H and O–H groups in total. The van der Waals surface area contributed by atoms with E-state index in [0.717, 1.165) is 0 Å². The van der Waals surface area contributed by atoms with E-state index >= 15 is 0 Å². The lowest BCUT2D eigenvalue weighted by molar-refractivity contribution is 0.0355. The number of ether oxygens (including phenoxy) is 1. The highest BCUT2D eigenvalue weighted by Gasteiger charge is 2.21. The summed E-state index contributed by atoms with van der Waals surface area (Å²) in [5.41, 5.74) is 0.525. The standard InChI is InChI=1S/C13H16N2O3/c1-13(2,3)18-12(17)15-11(16)10-6-4-9(8-14)5-7-10/h4-7,11,16H,1-3H3,(H,15,17)/p+1. The molecule has 5 heteroatoms. The van der Waals surface area contributed by atoms with Crippen molar-refractivity contribution in [1.82, 2.24) is 5.32 Å². The molecule has 0 aromatic heterocycles. The van der Waals surface area contributed by atoms with E-state index in [1.807, 2.05) is 6.07 Å². The maximum atomic E-state index is 11.5. The minimum absolute atomic E-state index is 0.517. The number of rotatable bonds is 2. The van der Waals surface area contributed by atoms with Gasteiger partial charge in [0.1, 0.15) is 5.60 Å². The fourth-order valence-corrected chi connectivity index (χ4v) is 1.26. The Kier molecular flexibility index (Phi) is 4.29. The van der Waals surface area contributed by atoms with Gasteiger partial charge in [-0.1, -0.05) is 0 Å². The molecular weight excluding hydrogens is 232 g/mol. The lowest BCUT2D eigenvalue weighted by atomic mass is 10.1. The van der Waals surface area contributed by atoms with Crippen LogP contribution < -0.4 is 5.32 Å². The molecule has 0 aliphatic carbocycles. The summed E-state index contributed by atoms with van der Waals surface area (Å²) in [7, 11) is 0. The lowest BCUT2D eigenvalue weighted by Crippen LogP contribution is -2.34. The van der Waals surface area contributed by atoms with Crippen LogP contribution in [0.5, 0.6) is 0 Å². The predicted octanol–water partition coefficient (Wildman–Crippen LogP) is 1.81. The summed E-state index contributed by atoms with van der Waals surface area (Å²) in [6, 6.07) is 8.47. The molecule has 1 amide bonds. The van der Waals surface area contributed by atoms with Crippen molar-refractivity contribution < 1.29 is 14.6 Å². The molecule has 0 fully saturated rings. The molecule has 1 rings (SSSR count). The fourth-order valence-electron chi connectivity index (χ4n) is 1.26. The highest BCUT2D eigenvalue weighted by Crippen LogP contribution is 2.13. The average molecular weight is 249 g/mol. The van der Waals surface area contributed by atoms with Crippen molar-refractivity contribution >= 4 is 6.09 Å². The van der Waals surface area contributed by atoms with Crippen LogP contribution in [0.1, 0.15) is 38.1 Å². The number of benzene rings is 1. The summed E-state index contributed by atoms with van der Waals surface area (Å²) in [5, 5.41) is 18.9. The lowest BCUT2D eigenvalue weighted by Gasteiger charge is -2.20. The number of alkyl carbamates (subject to hydrolysis) is 1. The minimum atomic E-state index is -0.910. The number of nitrogens with one attached hydrogen (secondary N) is 1. The summed E-state index contributed by atoms with van der Waals surface area (Å²) in [6.45, 7) is 5.27. The van der Waals surface area contributed by atoms with Crippen LogP contribution >= 0.6 is 0 Å². The number of carbonyl (C=O) groups excluding carboxylic acids is 1. The van der Waals surface area contributed by atoms with Crippen molar-refractivity contribution in [3.05, 3.63) is 35.4 Å². The Hall–Kier alpha value is -2.06. The quantitative estimate of drug-likeness (QED) is 0.640. The smallest absolute Gasteiger partial charge is 0.414 e. The van der Waals surface area contributed by atoms with Crippen LogP contribution in [-0.4, -0.2) is 16.8 Å². The molecule has 1 unspecified atom stereocenters. The van der Waals surface area contributed by atoms with Gasteiger partial charge in [-0.15, -0.1) is 0 Å². The van der Waals surface area contributed by atoms with Crippen molar-refractivity contribution in [2.75, 3.05) is 0 Å². The molecule has 0 saturated carbocycles. The number of hydrogen-bond donors (Lipinski definition) is 1. The Morgan fingerprint density at radius 2 is 1.94 bits per heavy atom. The third kappa shape index (κ3) is 4.44. The first-order chi connectivity index (χ1) is 8.31. The second-order valence-corrected chi connectivity index (χ2v) is 4.81. The van der Waals surface area contributed by atoms with Gasteiger partial charge < -0.3 is 9.84 Å². The summed E-state index contributed by atoms with van der Waals surface area (Å²) in [5.74, 6) is 0. The van der Waals surface area contributed by atoms with Gasteiger partial charge in [-0.3, -0.25) is 0 Å². The third-order valence-electron chi connectivity index (χ3n) is 2.03. The SMILES string of the molecule is CC(C)(C)OC(=O)NC([OH2+])c1ccc(C#N)cc1. The number of amides is 1. The Morgan fingerprint density at radius 1 is 1.39 bits per heavy atom. The molecule has 5 nitrogen and oxygen atoms in total. The van der Waals surface area contributed by atoms with Gasteiger partial charge in [0.25, 0.3) is 6.23 Å². The maximum Gasteiger partial charge on any atom is 0.414 e. The van der Waals surface area contributed by atoms with Crippen LogP contribution in [0.25, 0.3) is 0 Å². The van der Waals surface area contributed by atoms with Crippen molar-refractivity contribution in [2.45, 2.75) is 32.6 Å². The van der Waals surface area contributed by atoms with Gasteiger partial charge >= 0.3 is 6.09 Å². The Bertz CT molecular complexity index is 455. The monoisotopic (exact) mass is 249 g/mol. The van der Waals surface area contributed by atoms with Gasteiger partial charge in [0.2, 0.25) is 0 Å². The highest BCUT2D eigenvalue weighted by molar-refractivity contribution is 5.68. The van der Waals surface area contributed by atoms with Crippen LogP contribution in [0, 0.1) is 11.3 Å². The molecule has 0 aliphatic heterocycles. The molecule has 0 heterocycles. The van der Waals surface area contributed by atoms with Crippen molar-refractivity contribution in [2.24, 2.45) is 0 Å². The van der Waals surface area contributed by atoms with E-state index in [1.165, 1.54) is 0 Å². The molecule has 0 spiro atoms. The molecule has 1 aromatic rings. The summed E-state index contributed by atoms with van der Waals surface area (Å²) < 4.78 is 5.05. The zero-order valence-electron chi connectivity index (χ0n) is 10.7. The molecule has 0 saturated heterocycles. The molecule has 18 heavy (non-hydrogen) atoms. The first-order valence-electron chi connectivity index (χ1n) is 5.52. The van der Waals surface area contributed by atoms with Gasteiger partial charge in [-0.25, -0.2) is 10.1 Å². The third-order valence-corrected chi connectivity index (χ3v) is 2.03. The van der Waals surface area contributed by atoms with E-state index in [0.29, 0.717) is 11.1 Å². The molecule has 0 bridgehead atoms. The first-order valence-corrected chi connectivity index (χ1v) is 5.52. The summed E-state index contributed by atoms with van der Waals surface area (Å²) >= 11 is 0. The van der Waals surface area contributed by atoms with Gasteiger partial charge in [-0.05, 0) is 45.0 Å². The van der Waals surface area contributed by atoms with E-state index < -0.39 is 17.9 Å². The zero-order chi connectivity index (χ0) is 13.8. The Labute approximate surface area is 106 Å². The second-order valence-electron chi connectivity index (χ2n) is 4.81. The molecule has 1 aromatic carbocycles. The van der Waals surface area contributed by atoms with E-state index in [2.05, 4.69) is 5.32 Å². The largest absolute Gasteiger partial charge is 0.444 e. The van der Waals surface area contributed by atoms with E-state index in [1.54, 1.807) is 45.0 Å². The van der Waals surface area contributed by atoms with Gasteiger partial charge in [0, 0.05) is 0 Å². The Morgan fingerprint density at radius 3 is 2.39 bits per heavy atom. The normalized spacial score (nSPS) is 12.4. The van der Waals surface area contributed by atoms with Crippen LogP contribution in [0.3, 0.4) is 0 Å². The van der Waals surface area contributed by atoms with Crippen molar-refractivity contribution in [1.29, 1.82) is 5.26 Å². The first kappa shape index (κ1) is 14.0. The average Bonchev–Trinajstić information content (AvgIpc) is 2.26. The van der Waals surface area contributed by atoms with E-state index in [9.17, 15) is 4.79 Å². The molecule has 1 atom stereocenters. The van der Waals surface area contributed by atoms with Crippen molar-refractivity contribution in [3.8, 4) is 6.07 Å². The van der Waals surface area contributed by atoms with E-state index in [-0.39, 0.29) is 0 Å². The predicted molar refractivity (Wildman–Crippen MR) is 66.9 cm³/mol. The maximum absolute atomic E-state index is 11.5. The second kappa shape index (κ2) is 5.52. The topological polar surface area (TPSA) is 85.0 Å². The summed E-state index contributed by atoms with van der Waals surface area (Å²) in [4.78, 5) is 11.5. The highest BCUT2D eigenvalue weighted by atomic mass is 16.6. The minimum Gasteiger partial charge on any atom is -0.444 e. The van der Waals surface area contributed by atoms with Crippen LogP contribution in [0.2, 0.25) is 0 Å². The van der Waals surface area contributed by atoms with E-state index in [4.69, 9.17) is 15.1 Å². The molecule has 0 radical (unpaired) electrons. The van der Waals surface area contributed by atoms with Gasteiger partial charge in [0.05, 0.1) is 17.2 Å². The molecule has 0 aliphatic rings. The molecule has 96 valence electrons. The zero-order valence-corrected chi connectivity index (χ0v) is 10.7. The van der Waals surface area contributed by atoms with Gasteiger partial charge in [0.15, 0.2) is 0 Å². The summed E-state index contributed by atoms with van der Waals surface area (Å²) in [6.07, 6.45) is -1.54. The number of nitrogens with zero attached hydrogens (tertiary/aromatic N) is 1.